The first kappa shape index (κ1) is 10.6. The third-order valence-electron chi connectivity index (χ3n) is 1.69. The minimum absolute atomic E-state index is 0.379. The molecule has 0 rings (SSSR count). The van der Waals surface area contributed by atoms with E-state index in [4.69, 9.17) is 9.47 Å². The van der Waals surface area contributed by atoms with Crippen molar-refractivity contribution in [2.45, 2.75) is 25.7 Å². The van der Waals surface area contributed by atoms with Crippen LogP contribution in [0, 0.1) is 0 Å². The first-order valence-corrected chi connectivity index (χ1v) is 3.26. The van der Waals surface area contributed by atoms with Crippen molar-refractivity contribution in [3.63, 3.8) is 0 Å². The lowest BCUT2D eigenvalue weighted by Gasteiger charge is -2.29. The fraction of sp³-hybridized carbons (Fsp3) is 0.857. The molecular formula is C7H14O4. The summed E-state index contributed by atoms with van der Waals surface area (Å²) in [5.74, 6) is -1.61. The van der Waals surface area contributed by atoms with Crippen molar-refractivity contribution < 1.29 is 19.4 Å². The lowest BCUT2D eigenvalue weighted by atomic mass is 10.1. The molecule has 11 heavy (non-hydrogen) atoms. The predicted octanol–water partition coefficient (Wildman–Crippen LogP) is -0.0547. The van der Waals surface area contributed by atoms with E-state index in [2.05, 4.69) is 0 Å². The van der Waals surface area contributed by atoms with Gasteiger partial charge in [0.15, 0.2) is 17.7 Å². The van der Waals surface area contributed by atoms with E-state index in [0.717, 1.165) is 0 Å². The van der Waals surface area contributed by atoms with Crippen molar-refractivity contribution in [1.82, 2.24) is 0 Å². The highest BCUT2D eigenvalue weighted by Crippen LogP contribution is 2.15. The molecule has 0 aliphatic rings. The second-order valence-corrected chi connectivity index (χ2v) is 2.44. The molecule has 0 aromatic heterocycles. The molecule has 0 saturated heterocycles. The van der Waals surface area contributed by atoms with Gasteiger partial charge in [-0.25, -0.2) is 0 Å². The van der Waals surface area contributed by atoms with Gasteiger partial charge >= 0.3 is 0 Å². The Balaban J connectivity index is 4.36. The molecular weight excluding hydrogens is 148 g/mol. The molecule has 0 amide bonds. The van der Waals surface area contributed by atoms with Crippen LogP contribution in [0.2, 0.25) is 0 Å². The van der Waals surface area contributed by atoms with Gasteiger partial charge in [-0.1, -0.05) is 0 Å². The first-order valence-electron chi connectivity index (χ1n) is 3.26. The Labute approximate surface area is 66.1 Å². The van der Waals surface area contributed by atoms with Gasteiger partial charge in [-0.3, -0.25) is 4.79 Å². The number of carbonyl (C=O) groups is 1. The van der Waals surface area contributed by atoms with Crippen LogP contribution in [0.1, 0.15) is 13.8 Å². The molecule has 0 saturated carbocycles. The van der Waals surface area contributed by atoms with Crippen LogP contribution < -0.4 is 0 Å². The largest absolute Gasteiger partial charge is 0.380 e. The molecule has 0 bridgehead atoms. The van der Waals surface area contributed by atoms with E-state index in [1.54, 1.807) is 0 Å². The van der Waals surface area contributed by atoms with Crippen LogP contribution in [-0.4, -0.2) is 37.0 Å². The maximum absolute atomic E-state index is 10.7. The van der Waals surface area contributed by atoms with E-state index in [1.807, 2.05) is 0 Å². The van der Waals surface area contributed by atoms with E-state index >= 15 is 0 Å². The predicted molar refractivity (Wildman–Crippen MR) is 39.1 cm³/mol. The molecule has 1 unspecified atom stereocenters. The fourth-order valence-electron chi connectivity index (χ4n) is 0.676. The van der Waals surface area contributed by atoms with Crippen LogP contribution >= 0.6 is 0 Å². The van der Waals surface area contributed by atoms with E-state index < -0.39 is 11.9 Å². The Hall–Kier alpha value is -0.450. The fourth-order valence-corrected chi connectivity index (χ4v) is 0.676. The van der Waals surface area contributed by atoms with Gasteiger partial charge < -0.3 is 14.6 Å². The first-order chi connectivity index (χ1) is 4.98. The average molecular weight is 162 g/mol. The summed E-state index contributed by atoms with van der Waals surface area (Å²) in [5, 5.41) is 9.25. The third-order valence-corrected chi connectivity index (χ3v) is 1.69. The molecule has 0 fully saturated rings. The molecule has 4 heteroatoms. The SMILES string of the molecule is COC(C)(OC)C(O)C(C)=O. The quantitative estimate of drug-likeness (QED) is 0.589. The number of aliphatic hydroxyl groups excluding tert-OH is 1. The molecule has 0 aromatic rings. The second-order valence-electron chi connectivity index (χ2n) is 2.44. The van der Waals surface area contributed by atoms with Crippen molar-refractivity contribution in [2.75, 3.05) is 14.2 Å². The zero-order chi connectivity index (χ0) is 9.07. The molecule has 0 spiro atoms. The molecule has 1 atom stereocenters. The van der Waals surface area contributed by atoms with Crippen LogP contribution in [-0.2, 0) is 14.3 Å². The van der Waals surface area contributed by atoms with E-state index in [-0.39, 0.29) is 5.78 Å². The van der Waals surface area contributed by atoms with Crippen LogP contribution in [0.4, 0.5) is 0 Å². The Morgan fingerprint density at radius 2 is 1.82 bits per heavy atom. The van der Waals surface area contributed by atoms with E-state index in [0.29, 0.717) is 0 Å². The minimum Gasteiger partial charge on any atom is -0.380 e. The highest BCUT2D eigenvalue weighted by Gasteiger charge is 2.35. The highest BCUT2D eigenvalue weighted by molar-refractivity contribution is 5.81. The Bertz CT molecular complexity index is 139. The molecule has 1 N–H and O–H groups in total. The molecule has 0 aliphatic heterocycles. The molecule has 0 aromatic carbocycles. The van der Waals surface area contributed by atoms with Crippen LogP contribution in [0.15, 0.2) is 0 Å². The average Bonchev–Trinajstić information content (AvgIpc) is 2.01. The summed E-state index contributed by atoms with van der Waals surface area (Å²) in [6, 6.07) is 0. The van der Waals surface area contributed by atoms with Crippen molar-refractivity contribution in [3.8, 4) is 0 Å². The van der Waals surface area contributed by atoms with Crippen molar-refractivity contribution in [2.24, 2.45) is 0 Å². The lowest BCUT2D eigenvalue weighted by molar-refractivity contribution is -0.241. The third kappa shape index (κ3) is 2.25. The van der Waals surface area contributed by atoms with Gasteiger partial charge in [0.2, 0.25) is 0 Å². The maximum atomic E-state index is 10.7. The molecule has 0 heterocycles. The summed E-state index contributed by atoms with van der Waals surface area (Å²) in [5.41, 5.74) is 0. The number of carbonyl (C=O) groups excluding carboxylic acids is 1. The monoisotopic (exact) mass is 162 g/mol. The molecule has 0 aliphatic carbocycles. The number of rotatable bonds is 4. The highest BCUT2D eigenvalue weighted by atomic mass is 16.7. The summed E-state index contributed by atoms with van der Waals surface area (Å²) in [4.78, 5) is 10.7. The number of ether oxygens (including phenoxy) is 2. The number of Topliss-reactive ketones (excluding diaryl/α,β-unsaturated/α-hetero) is 1. The zero-order valence-corrected chi connectivity index (χ0v) is 7.25. The van der Waals surface area contributed by atoms with Gasteiger partial charge in [0.05, 0.1) is 0 Å². The summed E-state index contributed by atoms with van der Waals surface area (Å²) in [6.45, 7) is 2.78. The van der Waals surface area contributed by atoms with Crippen LogP contribution in [0.5, 0.6) is 0 Å². The Morgan fingerprint density at radius 1 is 1.45 bits per heavy atom. The topological polar surface area (TPSA) is 55.8 Å². The number of methoxy groups -OCH3 is 2. The molecule has 0 radical (unpaired) electrons. The zero-order valence-electron chi connectivity index (χ0n) is 7.25. The summed E-state index contributed by atoms with van der Waals surface area (Å²) < 4.78 is 9.63. The normalized spacial score (nSPS) is 14.6. The van der Waals surface area contributed by atoms with E-state index in [1.165, 1.54) is 28.1 Å². The van der Waals surface area contributed by atoms with Crippen molar-refractivity contribution in [1.29, 1.82) is 0 Å². The number of aliphatic hydroxyl groups is 1. The maximum Gasteiger partial charge on any atom is 0.198 e. The van der Waals surface area contributed by atoms with Gasteiger partial charge in [0, 0.05) is 14.2 Å². The second kappa shape index (κ2) is 3.80. The van der Waals surface area contributed by atoms with Crippen molar-refractivity contribution >= 4 is 5.78 Å². The number of hydrogen-bond donors (Lipinski definition) is 1. The summed E-state index contributed by atoms with van der Waals surface area (Å²) >= 11 is 0. The lowest BCUT2D eigenvalue weighted by Crippen LogP contribution is -2.46. The Morgan fingerprint density at radius 3 is 1.91 bits per heavy atom. The van der Waals surface area contributed by atoms with Crippen LogP contribution in [0.25, 0.3) is 0 Å². The summed E-state index contributed by atoms with van der Waals surface area (Å²) in [6.07, 6.45) is -1.24. The summed E-state index contributed by atoms with van der Waals surface area (Å²) in [7, 11) is 2.74. The van der Waals surface area contributed by atoms with Crippen LogP contribution in [0.3, 0.4) is 0 Å². The Kier molecular flexibility index (Phi) is 3.65. The molecule has 4 nitrogen and oxygen atoms in total. The van der Waals surface area contributed by atoms with E-state index in [9.17, 15) is 9.90 Å². The van der Waals surface area contributed by atoms with Gasteiger partial charge in [-0.05, 0) is 13.8 Å². The molecule has 66 valence electrons. The minimum atomic E-state index is -1.24. The van der Waals surface area contributed by atoms with Gasteiger partial charge in [-0.15, -0.1) is 0 Å². The van der Waals surface area contributed by atoms with Gasteiger partial charge in [-0.2, -0.15) is 0 Å². The number of ketones is 1. The van der Waals surface area contributed by atoms with Crippen molar-refractivity contribution in [3.05, 3.63) is 0 Å². The number of hydrogen-bond acceptors (Lipinski definition) is 4. The smallest absolute Gasteiger partial charge is 0.198 e. The van der Waals surface area contributed by atoms with Gasteiger partial charge in [0.25, 0.3) is 0 Å². The standard InChI is InChI=1S/C7H14O4/c1-5(8)6(9)7(2,10-3)11-4/h6,9H,1-4H3. The van der Waals surface area contributed by atoms with Gasteiger partial charge in [0.1, 0.15) is 0 Å².